The molecule has 20 heavy (non-hydrogen) atoms. The van der Waals surface area contributed by atoms with Crippen LogP contribution in [0.25, 0.3) is 0 Å². The second-order valence-corrected chi connectivity index (χ2v) is 5.57. The van der Waals surface area contributed by atoms with Gasteiger partial charge in [-0.2, -0.15) is 0 Å². The van der Waals surface area contributed by atoms with Crippen molar-refractivity contribution in [2.24, 2.45) is 5.92 Å². The number of aromatic nitrogens is 2. The maximum absolute atomic E-state index is 11.5. The first-order valence-corrected chi connectivity index (χ1v) is 7.02. The highest BCUT2D eigenvalue weighted by molar-refractivity contribution is 5.87. The Morgan fingerprint density at radius 3 is 2.70 bits per heavy atom. The van der Waals surface area contributed by atoms with Crippen LogP contribution in [-0.4, -0.2) is 46.8 Å². The van der Waals surface area contributed by atoms with Gasteiger partial charge in [0.1, 0.15) is 5.82 Å². The Morgan fingerprint density at radius 1 is 1.40 bits per heavy atom. The Morgan fingerprint density at radius 2 is 2.10 bits per heavy atom. The van der Waals surface area contributed by atoms with Crippen molar-refractivity contribution < 1.29 is 14.6 Å². The fourth-order valence-corrected chi connectivity index (χ4v) is 3.50. The number of ether oxygens (including phenoxy) is 1. The number of methoxy groups -OCH3 is 1. The monoisotopic (exact) mass is 277 g/mol. The highest BCUT2D eigenvalue weighted by Crippen LogP contribution is 2.40. The van der Waals surface area contributed by atoms with Gasteiger partial charge in [-0.05, 0) is 31.6 Å². The second-order valence-electron chi connectivity index (χ2n) is 5.57. The number of anilines is 1. The summed E-state index contributed by atoms with van der Waals surface area (Å²) in [4.78, 5) is 22.3. The predicted octanol–water partition coefficient (Wildman–Crippen LogP) is 1.00. The average molecular weight is 277 g/mol. The van der Waals surface area contributed by atoms with Crippen LogP contribution in [-0.2, 0) is 4.74 Å². The van der Waals surface area contributed by atoms with Crippen molar-refractivity contribution in [2.75, 3.05) is 18.6 Å². The molecule has 1 N–H and O–H groups in total. The lowest BCUT2D eigenvalue weighted by Gasteiger charge is -2.39. The number of piperidine rings is 1. The molecule has 0 aromatic carbocycles. The Labute approximate surface area is 117 Å². The van der Waals surface area contributed by atoms with E-state index in [2.05, 4.69) is 19.6 Å². The summed E-state index contributed by atoms with van der Waals surface area (Å²) in [6.07, 6.45) is 7.33. The zero-order valence-electron chi connectivity index (χ0n) is 11.5. The van der Waals surface area contributed by atoms with Gasteiger partial charge in [-0.25, -0.2) is 9.78 Å². The van der Waals surface area contributed by atoms with E-state index in [1.807, 2.05) is 0 Å². The molecule has 3 atom stereocenters. The lowest BCUT2D eigenvalue weighted by molar-refractivity contribution is 0.0593. The lowest BCUT2D eigenvalue weighted by atomic mass is 9.91. The van der Waals surface area contributed by atoms with Crippen LogP contribution in [0, 0.1) is 5.92 Å². The number of hydrogen-bond acceptors (Lipinski definition) is 6. The van der Waals surface area contributed by atoms with Gasteiger partial charge in [0.2, 0.25) is 0 Å². The molecule has 2 fully saturated rings. The number of rotatable bonds is 3. The van der Waals surface area contributed by atoms with E-state index in [1.165, 1.54) is 13.3 Å². The number of fused-ring (bicyclic) bond motifs is 2. The predicted molar refractivity (Wildman–Crippen MR) is 72.5 cm³/mol. The van der Waals surface area contributed by atoms with E-state index in [4.69, 9.17) is 0 Å². The molecule has 1 unspecified atom stereocenters. The van der Waals surface area contributed by atoms with Gasteiger partial charge < -0.3 is 14.7 Å². The first kappa shape index (κ1) is 13.3. The van der Waals surface area contributed by atoms with Crippen molar-refractivity contribution in [3.63, 3.8) is 0 Å². The highest BCUT2D eigenvalue weighted by Gasteiger charge is 2.41. The molecule has 0 aliphatic carbocycles. The van der Waals surface area contributed by atoms with Gasteiger partial charge >= 0.3 is 5.97 Å². The third kappa shape index (κ3) is 2.24. The summed E-state index contributed by atoms with van der Waals surface area (Å²) in [5.74, 6) is 0.675. The van der Waals surface area contributed by atoms with E-state index in [0.29, 0.717) is 18.0 Å². The van der Waals surface area contributed by atoms with E-state index < -0.39 is 5.97 Å². The maximum Gasteiger partial charge on any atom is 0.358 e. The van der Waals surface area contributed by atoms with Crippen LogP contribution in [0.2, 0.25) is 0 Å². The van der Waals surface area contributed by atoms with Crippen LogP contribution in [0.5, 0.6) is 0 Å². The molecule has 2 aliphatic heterocycles. The smallest absolute Gasteiger partial charge is 0.358 e. The molecular weight excluding hydrogens is 258 g/mol. The molecule has 0 amide bonds. The summed E-state index contributed by atoms with van der Waals surface area (Å²) in [5.41, 5.74) is 0.244. The maximum atomic E-state index is 11.5. The zero-order chi connectivity index (χ0) is 14.1. The fourth-order valence-electron chi connectivity index (χ4n) is 3.50. The average Bonchev–Trinajstić information content (AvgIpc) is 2.76. The second kappa shape index (κ2) is 5.36. The molecular formula is C14H19N3O3. The van der Waals surface area contributed by atoms with Crippen LogP contribution in [0.3, 0.4) is 0 Å². The molecule has 6 nitrogen and oxygen atoms in total. The van der Waals surface area contributed by atoms with Crippen LogP contribution >= 0.6 is 0 Å². The minimum Gasteiger partial charge on any atom is -0.464 e. The molecule has 1 aromatic rings. The minimum atomic E-state index is -0.461. The molecule has 2 aliphatic rings. The first-order chi connectivity index (χ1) is 9.72. The topological polar surface area (TPSA) is 75.5 Å². The van der Waals surface area contributed by atoms with Gasteiger partial charge in [0.25, 0.3) is 0 Å². The lowest BCUT2D eigenvalue weighted by Crippen LogP contribution is -2.44. The van der Waals surface area contributed by atoms with Gasteiger partial charge in [-0.3, -0.25) is 4.98 Å². The van der Waals surface area contributed by atoms with Crippen LogP contribution in [0.1, 0.15) is 36.2 Å². The highest BCUT2D eigenvalue weighted by atomic mass is 16.5. The largest absolute Gasteiger partial charge is 0.464 e. The SMILES string of the molecule is COC(=O)c1cncc(N2[C@@H]3CC[C@H]2CC(CO)C3)n1. The first-order valence-electron chi connectivity index (χ1n) is 7.02. The summed E-state index contributed by atoms with van der Waals surface area (Å²) in [5, 5.41) is 9.35. The summed E-state index contributed by atoms with van der Waals surface area (Å²) in [6, 6.07) is 0.793. The Bertz CT molecular complexity index is 494. The van der Waals surface area contributed by atoms with Crippen molar-refractivity contribution in [1.29, 1.82) is 0 Å². The van der Waals surface area contributed by atoms with Crippen LogP contribution < -0.4 is 4.90 Å². The van der Waals surface area contributed by atoms with E-state index in [0.717, 1.165) is 31.5 Å². The number of nitrogens with zero attached hydrogens (tertiary/aromatic N) is 3. The van der Waals surface area contributed by atoms with Crippen LogP contribution in [0.4, 0.5) is 5.82 Å². The Kier molecular flexibility index (Phi) is 3.56. The van der Waals surface area contributed by atoms with Crippen LogP contribution in [0.15, 0.2) is 12.4 Å². The number of carbonyl (C=O) groups excluding carboxylic acids is 1. The number of carbonyl (C=O) groups is 1. The van der Waals surface area contributed by atoms with Gasteiger partial charge in [0.15, 0.2) is 5.69 Å². The third-order valence-electron chi connectivity index (χ3n) is 4.37. The normalized spacial score (nSPS) is 28.5. The Hall–Kier alpha value is -1.69. The summed E-state index contributed by atoms with van der Waals surface area (Å²) in [6.45, 7) is 0.259. The number of hydrogen-bond donors (Lipinski definition) is 1. The molecule has 6 heteroatoms. The zero-order valence-corrected chi connectivity index (χ0v) is 11.5. The van der Waals surface area contributed by atoms with Gasteiger partial charge in [0, 0.05) is 18.7 Å². The number of aliphatic hydroxyl groups excluding tert-OH is 1. The standard InChI is InChI=1S/C14H19N3O3/c1-20-14(19)12-6-15-7-13(16-12)17-10-2-3-11(17)5-9(4-10)8-18/h6-7,9-11,18H,2-5,8H2,1H3/t9?,10-,11+. The minimum absolute atomic E-state index is 0.244. The Balaban J connectivity index is 1.85. The third-order valence-corrected chi connectivity index (χ3v) is 4.37. The fraction of sp³-hybridized carbons (Fsp3) is 0.643. The van der Waals surface area contributed by atoms with E-state index in [9.17, 15) is 9.90 Å². The van der Waals surface area contributed by atoms with Crippen molar-refractivity contribution >= 4 is 11.8 Å². The molecule has 3 rings (SSSR count). The summed E-state index contributed by atoms with van der Waals surface area (Å²) >= 11 is 0. The van der Waals surface area contributed by atoms with Crippen molar-refractivity contribution in [2.45, 2.75) is 37.8 Å². The van der Waals surface area contributed by atoms with Gasteiger partial charge in [-0.1, -0.05) is 0 Å². The van der Waals surface area contributed by atoms with Crippen molar-refractivity contribution in [3.05, 3.63) is 18.1 Å². The van der Waals surface area contributed by atoms with E-state index in [1.54, 1.807) is 6.20 Å². The summed E-state index contributed by atoms with van der Waals surface area (Å²) in [7, 11) is 1.34. The molecule has 1 aromatic heterocycles. The quantitative estimate of drug-likeness (QED) is 0.831. The van der Waals surface area contributed by atoms with Gasteiger partial charge in [0.05, 0.1) is 19.5 Å². The molecule has 2 bridgehead atoms. The summed E-state index contributed by atoms with van der Waals surface area (Å²) < 4.78 is 4.69. The molecule has 108 valence electrons. The molecule has 0 saturated carbocycles. The molecule has 2 saturated heterocycles. The molecule has 3 heterocycles. The molecule has 0 radical (unpaired) electrons. The van der Waals surface area contributed by atoms with Crippen molar-refractivity contribution in [3.8, 4) is 0 Å². The number of esters is 1. The van der Waals surface area contributed by atoms with E-state index in [-0.39, 0.29) is 12.3 Å². The van der Waals surface area contributed by atoms with Crippen molar-refractivity contribution in [1.82, 2.24) is 9.97 Å². The molecule has 0 spiro atoms. The number of aliphatic hydroxyl groups is 1. The van der Waals surface area contributed by atoms with Gasteiger partial charge in [-0.15, -0.1) is 0 Å². The van der Waals surface area contributed by atoms with E-state index >= 15 is 0 Å².